The van der Waals surface area contributed by atoms with Crippen LogP contribution in [0.5, 0.6) is 0 Å². The molecule has 96 valence electrons. The van der Waals surface area contributed by atoms with E-state index in [0.29, 0.717) is 5.82 Å². The largest absolute Gasteiger partial charge is 0.393 e. The number of aliphatic hydroxyl groups is 2. The number of rotatable bonds is 4. The molecule has 3 N–H and O–H groups in total. The summed E-state index contributed by atoms with van der Waals surface area (Å²) in [7, 11) is 0. The fraction of sp³-hybridized carbons (Fsp3) is 0.615. The molecule has 1 atom stereocenters. The predicted molar refractivity (Wildman–Crippen MR) is 69.1 cm³/mol. The zero-order valence-corrected chi connectivity index (χ0v) is 11.0. The minimum atomic E-state index is -1.12. The van der Waals surface area contributed by atoms with Crippen molar-refractivity contribution in [2.24, 2.45) is 0 Å². The van der Waals surface area contributed by atoms with E-state index in [1.54, 1.807) is 6.92 Å². The summed E-state index contributed by atoms with van der Waals surface area (Å²) in [5.74, 6) is 0.701. The van der Waals surface area contributed by atoms with Crippen molar-refractivity contribution >= 4 is 5.82 Å². The van der Waals surface area contributed by atoms with E-state index in [-0.39, 0.29) is 18.6 Å². The number of nitrogens with one attached hydrogen (secondary N) is 1. The Bertz CT molecular complexity index is 353. The molecule has 4 nitrogen and oxygen atoms in total. The van der Waals surface area contributed by atoms with Gasteiger partial charge in [-0.25, -0.2) is 4.98 Å². The van der Waals surface area contributed by atoms with Crippen molar-refractivity contribution in [3.05, 3.63) is 23.9 Å². The summed E-state index contributed by atoms with van der Waals surface area (Å²) in [5, 5.41) is 21.5. The van der Waals surface area contributed by atoms with Crippen LogP contribution in [0.3, 0.4) is 0 Å². The topological polar surface area (TPSA) is 65.4 Å². The fourth-order valence-electron chi connectivity index (χ4n) is 1.28. The van der Waals surface area contributed by atoms with Crippen molar-refractivity contribution in [3.63, 3.8) is 0 Å². The van der Waals surface area contributed by atoms with Gasteiger partial charge in [0, 0.05) is 12.7 Å². The third-order valence-corrected chi connectivity index (χ3v) is 2.62. The smallest absolute Gasteiger partial charge is 0.125 e. The van der Waals surface area contributed by atoms with Gasteiger partial charge in [0.25, 0.3) is 0 Å². The van der Waals surface area contributed by atoms with E-state index in [0.717, 1.165) is 5.56 Å². The van der Waals surface area contributed by atoms with Crippen LogP contribution in [0.25, 0.3) is 0 Å². The lowest BCUT2D eigenvalue weighted by molar-refractivity contribution is 0.0132. The summed E-state index contributed by atoms with van der Waals surface area (Å²) in [4.78, 5) is 4.28. The van der Waals surface area contributed by atoms with E-state index in [2.05, 4.69) is 31.1 Å². The summed E-state index contributed by atoms with van der Waals surface area (Å²) >= 11 is 0. The maximum atomic E-state index is 9.63. The van der Waals surface area contributed by atoms with Crippen LogP contribution in [0.15, 0.2) is 18.3 Å². The highest BCUT2D eigenvalue weighted by molar-refractivity contribution is 5.37. The van der Waals surface area contributed by atoms with Crippen LogP contribution in [-0.2, 0) is 5.41 Å². The highest BCUT2D eigenvalue weighted by atomic mass is 16.3. The molecule has 1 unspecified atom stereocenters. The summed E-state index contributed by atoms with van der Waals surface area (Å²) in [5.41, 5.74) is 0.129. The van der Waals surface area contributed by atoms with Crippen LogP contribution in [0.1, 0.15) is 33.3 Å². The van der Waals surface area contributed by atoms with Crippen LogP contribution >= 0.6 is 0 Å². The Morgan fingerprint density at radius 1 is 1.24 bits per heavy atom. The maximum absolute atomic E-state index is 9.63. The molecule has 0 aliphatic carbocycles. The standard InChI is InChI=1S/C13H22N2O2/c1-12(2,3)10-5-6-11(14-7-10)15-8-13(4,17)9-16/h5-7,16-17H,8-9H2,1-4H3,(H,14,15). The Kier molecular flexibility index (Phi) is 4.11. The van der Waals surface area contributed by atoms with Gasteiger partial charge >= 0.3 is 0 Å². The molecule has 0 aromatic carbocycles. The SMILES string of the molecule is CC(O)(CO)CNc1ccc(C(C)(C)C)cn1. The highest BCUT2D eigenvalue weighted by Gasteiger charge is 2.19. The van der Waals surface area contributed by atoms with Crippen LogP contribution in [0.4, 0.5) is 5.82 Å². The second kappa shape index (κ2) is 5.02. The van der Waals surface area contributed by atoms with Crippen molar-refractivity contribution < 1.29 is 10.2 Å². The van der Waals surface area contributed by atoms with Gasteiger partial charge in [0.15, 0.2) is 0 Å². The fourth-order valence-corrected chi connectivity index (χ4v) is 1.28. The third kappa shape index (κ3) is 4.32. The van der Waals surface area contributed by atoms with E-state index in [1.807, 2.05) is 18.3 Å². The number of aliphatic hydroxyl groups excluding tert-OH is 1. The first-order valence-electron chi connectivity index (χ1n) is 5.78. The van der Waals surface area contributed by atoms with Crippen molar-refractivity contribution in [1.82, 2.24) is 4.98 Å². The van der Waals surface area contributed by atoms with Crippen LogP contribution < -0.4 is 5.32 Å². The van der Waals surface area contributed by atoms with Gasteiger partial charge in [0.1, 0.15) is 11.4 Å². The number of aromatic nitrogens is 1. The molecule has 0 amide bonds. The summed E-state index contributed by atoms with van der Waals surface area (Å²) < 4.78 is 0. The first-order valence-corrected chi connectivity index (χ1v) is 5.78. The minimum Gasteiger partial charge on any atom is -0.393 e. The summed E-state index contributed by atoms with van der Waals surface area (Å²) in [6, 6.07) is 3.90. The molecular formula is C13H22N2O2. The van der Waals surface area contributed by atoms with Gasteiger partial charge in [0.2, 0.25) is 0 Å². The van der Waals surface area contributed by atoms with Gasteiger partial charge in [-0.05, 0) is 24.0 Å². The number of pyridine rings is 1. The molecule has 0 aliphatic heterocycles. The Morgan fingerprint density at radius 2 is 1.88 bits per heavy atom. The quantitative estimate of drug-likeness (QED) is 0.744. The minimum absolute atomic E-state index is 0.0854. The molecule has 0 saturated heterocycles. The van der Waals surface area contributed by atoms with Gasteiger partial charge in [-0.1, -0.05) is 26.8 Å². The number of nitrogens with zero attached hydrogens (tertiary/aromatic N) is 1. The van der Waals surface area contributed by atoms with E-state index >= 15 is 0 Å². The van der Waals surface area contributed by atoms with Crippen molar-refractivity contribution in [2.75, 3.05) is 18.5 Å². The Balaban J connectivity index is 2.64. The normalized spacial score (nSPS) is 15.4. The molecule has 1 rings (SSSR count). The van der Waals surface area contributed by atoms with Crippen molar-refractivity contribution in [1.29, 1.82) is 0 Å². The van der Waals surface area contributed by atoms with E-state index < -0.39 is 5.60 Å². The molecule has 0 spiro atoms. The Labute approximate surface area is 103 Å². The molecule has 4 heteroatoms. The number of anilines is 1. The Morgan fingerprint density at radius 3 is 2.29 bits per heavy atom. The zero-order valence-electron chi connectivity index (χ0n) is 11.0. The molecule has 0 fully saturated rings. The number of hydrogen-bond donors (Lipinski definition) is 3. The second-order valence-corrected chi connectivity index (χ2v) is 5.69. The molecule has 17 heavy (non-hydrogen) atoms. The monoisotopic (exact) mass is 238 g/mol. The van der Waals surface area contributed by atoms with Gasteiger partial charge in [-0.15, -0.1) is 0 Å². The maximum Gasteiger partial charge on any atom is 0.125 e. The molecule has 0 bridgehead atoms. The van der Waals surface area contributed by atoms with E-state index in [4.69, 9.17) is 5.11 Å². The molecule has 1 aromatic heterocycles. The van der Waals surface area contributed by atoms with Crippen LogP contribution in [-0.4, -0.2) is 33.9 Å². The van der Waals surface area contributed by atoms with Gasteiger partial charge in [0.05, 0.1) is 6.61 Å². The molecule has 1 aromatic rings. The van der Waals surface area contributed by atoms with Gasteiger partial charge in [-0.2, -0.15) is 0 Å². The average molecular weight is 238 g/mol. The first-order chi connectivity index (χ1) is 7.74. The molecule has 0 radical (unpaired) electrons. The Hall–Kier alpha value is -1.13. The molecule has 0 saturated carbocycles. The summed E-state index contributed by atoms with van der Waals surface area (Å²) in [6.45, 7) is 7.96. The lowest BCUT2D eigenvalue weighted by atomic mass is 9.88. The van der Waals surface area contributed by atoms with Crippen molar-refractivity contribution in [2.45, 2.75) is 38.7 Å². The van der Waals surface area contributed by atoms with Gasteiger partial charge < -0.3 is 15.5 Å². The average Bonchev–Trinajstić information content (AvgIpc) is 2.26. The lowest BCUT2D eigenvalue weighted by Crippen LogP contribution is -2.37. The van der Waals surface area contributed by atoms with E-state index in [9.17, 15) is 5.11 Å². The second-order valence-electron chi connectivity index (χ2n) is 5.69. The van der Waals surface area contributed by atoms with Gasteiger partial charge in [-0.3, -0.25) is 0 Å². The van der Waals surface area contributed by atoms with Crippen LogP contribution in [0.2, 0.25) is 0 Å². The highest BCUT2D eigenvalue weighted by Crippen LogP contribution is 2.21. The molecule has 1 heterocycles. The van der Waals surface area contributed by atoms with Crippen molar-refractivity contribution in [3.8, 4) is 0 Å². The molecule has 0 aliphatic rings. The zero-order chi connectivity index (χ0) is 13.1. The van der Waals surface area contributed by atoms with E-state index in [1.165, 1.54) is 0 Å². The summed E-state index contributed by atoms with van der Waals surface area (Å²) in [6.07, 6.45) is 1.83. The van der Waals surface area contributed by atoms with Crippen LogP contribution in [0, 0.1) is 0 Å². The third-order valence-electron chi connectivity index (χ3n) is 2.62. The molecular weight excluding hydrogens is 216 g/mol. The predicted octanol–water partition coefficient (Wildman–Crippen LogP) is 1.53. The number of hydrogen-bond acceptors (Lipinski definition) is 4. The lowest BCUT2D eigenvalue weighted by Gasteiger charge is -2.22. The first kappa shape index (κ1) is 13.9.